The van der Waals surface area contributed by atoms with E-state index >= 15 is 0 Å². The first kappa shape index (κ1) is 16.5. The molecule has 0 spiro atoms. The minimum absolute atomic E-state index is 0.0748. The standard InChI is InChI=1S/C19H21N5O2/c1-13-17(14(2)26-22-13)11-23-10-16(9-21-23)24-12-20-18(19(24)25)8-15-6-4-3-5-7-15/h3-7,9-10,18,20H,8,11-12H2,1-2H3. The molecule has 1 saturated heterocycles. The summed E-state index contributed by atoms with van der Waals surface area (Å²) in [6.07, 6.45) is 4.29. The molecule has 0 radical (unpaired) electrons. The minimum atomic E-state index is -0.205. The smallest absolute Gasteiger partial charge is 0.245 e. The van der Waals surface area contributed by atoms with Crippen molar-refractivity contribution in [2.24, 2.45) is 0 Å². The van der Waals surface area contributed by atoms with Gasteiger partial charge in [-0.25, -0.2) is 0 Å². The summed E-state index contributed by atoms with van der Waals surface area (Å²) in [4.78, 5) is 14.5. The van der Waals surface area contributed by atoms with Crippen molar-refractivity contribution < 1.29 is 9.32 Å². The van der Waals surface area contributed by atoms with E-state index in [0.29, 0.717) is 19.6 Å². The maximum absolute atomic E-state index is 12.7. The largest absolute Gasteiger partial charge is 0.361 e. The molecule has 1 aliphatic rings. The van der Waals surface area contributed by atoms with E-state index in [1.165, 1.54) is 0 Å². The summed E-state index contributed by atoms with van der Waals surface area (Å²) < 4.78 is 7.00. The lowest BCUT2D eigenvalue weighted by Gasteiger charge is -2.13. The van der Waals surface area contributed by atoms with Gasteiger partial charge in [0.2, 0.25) is 5.91 Å². The minimum Gasteiger partial charge on any atom is -0.361 e. The van der Waals surface area contributed by atoms with Crippen LogP contribution in [0.3, 0.4) is 0 Å². The summed E-state index contributed by atoms with van der Waals surface area (Å²) >= 11 is 0. The van der Waals surface area contributed by atoms with Crippen LogP contribution in [0.4, 0.5) is 5.69 Å². The Bertz CT molecular complexity index is 896. The zero-order chi connectivity index (χ0) is 18.1. The van der Waals surface area contributed by atoms with Gasteiger partial charge in [0.15, 0.2) is 0 Å². The molecule has 0 bridgehead atoms. The Morgan fingerprint density at radius 3 is 2.81 bits per heavy atom. The molecule has 0 saturated carbocycles. The Labute approximate surface area is 151 Å². The normalized spacial score (nSPS) is 17.2. The van der Waals surface area contributed by atoms with Crippen LogP contribution in [0.2, 0.25) is 0 Å². The van der Waals surface area contributed by atoms with Crippen LogP contribution in [-0.2, 0) is 17.8 Å². The number of benzene rings is 1. The third-order valence-electron chi connectivity index (χ3n) is 4.78. The van der Waals surface area contributed by atoms with E-state index in [2.05, 4.69) is 15.6 Å². The fourth-order valence-corrected chi connectivity index (χ4v) is 3.25. The molecule has 7 heteroatoms. The molecule has 134 valence electrons. The van der Waals surface area contributed by atoms with Crippen LogP contribution in [0.1, 0.15) is 22.6 Å². The van der Waals surface area contributed by atoms with E-state index in [1.54, 1.807) is 15.8 Å². The van der Waals surface area contributed by atoms with Crippen molar-refractivity contribution in [3.63, 3.8) is 0 Å². The monoisotopic (exact) mass is 351 g/mol. The topological polar surface area (TPSA) is 76.2 Å². The first-order valence-electron chi connectivity index (χ1n) is 8.64. The first-order valence-corrected chi connectivity index (χ1v) is 8.64. The van der Waals surface area contributed by atoms with E-state index in [9.17, 15) is 4.79 Å². The molecule has 1 amide bonds. The molecule has 0 aliphatic carbocycles. The van der Waals surface area contributed by atoms with Crippen molar-refractivity contribution in [3.8, 4) is 0 Å². The summed E-state index contributed by atoms with van der Waals surface area (Å²) in [5, 5.41) is 11.6. The maximum atomic E-state index is 12.7. The molecule has 1 N–H and O–H groups in total. The highest BCUT2D eigenvalue weighted by molar-refractivity contribution is 5.99. The van der Waals surface area contributed by atoms with Crippen LogP contribution in [0.5, 0.6) is 0 Å². The van der Waals surface area contributed by atoms with E-state index in [-0.39, 0.29) is 11.9 Å². The Kier molecular flexibility index (Phi) is 4.30. The lowest BCUT2D eigenvalue weighted by molar-refractivity contribution is -0.118. The number of rotatable bonds is 5. The van der Waals surface area contributed by atoms with Gasteiger partial charge in [0.25, 0.3) is 0 Å². The van der Waals surface area contributed by atoms with Crippen molar-refractivity contribution in [1.29, 1.82) is 0 Å². The molecule has 26 heavy (non-hydrogen) atoms. The van der Waals surface area contributed by atoms with Crippen LogP contribution in [0.15, 0.2) is 47.2 Å². The highest BCUT2D eigenvalue weighted by atomic mass is 16.5. The van der Waals surface area contributed by atoms with Gasteiger partial charge in [-0.2, -0.15) is 5.10 Å². The molecule has 1 atom stereocenters. The lowest BCUT2D eigenvalue weighted by atomic mass is 10.1. The molecule has 2 aromatic heterocycles. The molecule has 1 aliphatic heterocycles. The van der Waals surface area contributed by atoms with Gasteiger partial charge in [-0.3, -0.25) is 19.7 Å². The third-order valence-corrected chi connectivity index (χ3v) is 4.78. The predicted octanol–water partition coefficient (Wildman–Crippen LogP) is 2.04. The molecule has 4 rings (SSSR count). The van der Waals surface area contributed by atoms with Gasteiger partial charge in [0, 0.05) is 11.8 Å². The average molecular weight is 351 g/mol. The number of aryl methyl sites for hydroxylation is 2. The Balaban J connectivity index is 1.45. The van der Waals surface area contributed by atoms with Crippen LogP contribution in [-0.4, -0.2) is 33.6 Å². The number of anilines is 1. The SMILES string of the molecule is Cc1noc(C)c1Cn1cc(N2CNC(Cc3ccccc3)C2=O)cn1. The number of hydrogen-bond donors (Lipinski definition) is 1. The quantitative estimate of drug-likeness (QED) is 0.761. The van der Waals surface area contributed by atoms with Gasteiger partial charge < -0.3 is 4.52 Å². The van der Waals surface area contributed by atoms with Crippen molar-refractivity contribution >= 4 is 11.6 Å². The van der Waals surface area contributed by atoms with Crippen molar-refractivity contribution in [2.75, 3.05) is 11.6 Å². The molecule has 3 heterocycles. The van der Waals surface area contributed by atoms with E-state index < -0.39 is 0 Å². The predicted molar refractivity (Wildman–Crippen MR) is 96.7 cm³/mol. The Morgan fingerprint density at radius 1 is 1.27 bits per heavy atom. The lowest BCUT2D eigenvalue weighted by Crippen LogP contribution is -2.32. The first-order chi connectivity index (χ1) is 12.6. The number of carbonyl (C=O) groups is 1. The van der Waals surface area contributed by atoms with Gasteiger partial charge in [0.05, 0.1) is 36.8 Å². The van der Waals surface area contributed by atoms with Crippen LogP contribution >= 0.6 is 0 Å². The number of carbonyl (C=O) groups excluding carboxylic acids is 1. The number of nitrogens with one attached hydrogen (secondary N) is 1. The van der Waals surface area contributed by atoms with Crippen molar-refractivity contribution in [3.05, 3.63) is 65.3 Å². The highest BCUT2D eigenvalue weighted by Crippen LogP contribution is 2.20. The van der Waals surface area contributed by atoms with Crippen LogP contribution < -0.4 is 10.2 Å². The van der Waals surface area contributed by atoms with Gasteiger partial charge in [-0.05, 0) is 25.8 Å². The number of nitrogens with zero attached hydrogens (tertiary/aromatic N) is 4. The summed E-state index contributed by atoms with van der Waals surface area (Å²) in [7, 11) is 0. The molecule has 1 fully saturated rings. The average Bonchev–Trinajstić information content (AvgIpc) is 3.33. The van der Waals surface area contributed by atoms with Crippen LogP contribution in [0.25, 0.3) is 0 Å². The fraction of sp³-hybridized carbons (Fsp3) is 0.316. The molecule has 1 unspecified atom stereocenters. The van der Waals surface area contributed by atoms with Gasteiger partial charge in [0.1, 0.15) is 5.76 Å². The number of hydrogen-bond acceptors (Lipinski definition) is 5. The summed E-state index contributed by atoms with van der Waals surface area (Å²) in [6.45, 7) is 4.87. The van der Waals surface area contributed by atoms with Crippen molar-refractivity contribution in [2.45, 2.75) is 32.9 Å². The molecular formula is C19H21N5O2. The van der Waals surface area contributed by atoms with Gasteiger partial charge in [-0.1, -0.05) is 35.5 Å². The van der Waals surface area contributed by atoms with Gasteiger partial charge in [-0.15, -0.1) is 0 Å². The molecule has 1 aromatic carbocycles. The van der Waals surface area contributed by atoms with Crippen molar-refractivity contribution in [1.82, 2.24) is 20.3 Å². The highest BCUT2D eigenvalue weighted by Gasteiger charge is 2.32. The second-order valence-electron chi connectivity index (χ2n) is 6.57. The molecule has 7 nitrogen and oxygen atoms in total. The van der Waals surface area contributed by atoms with Crippen LogP contribution in [0, 0.1) is 13.8 Å². The zero-order valence-corrected chi connectivity index (χ0v) is 14.8. The second-order valence-corrected chi connectivity index (χ2v) is 6.57. The van der Waals surface area contributed by atoms with E-state index in [1.807, 2.05) is 50.4 Å². The Hall–Kier alpha value is -2.93. The molecule has 3 aromatic rings. The summed E-state index contributed by atoms with van der Waals surface area (Å²) in [5.41, 5.74) is 3.83. The summed E-state index contributed by atoms with van der Waals surface area (Å²) in [5.74, 6) is 0.868. The number of amides is 1. The number of aromatic nitrogens is 3. The maximum Gasteiger partial charge on any atom is 0.245 e. The summed E-state index contributed by atoms with van der Waals surface area (Å²) in [6, 6.07) is 9.84. The molecular weight excluding hydrogens is 330 g/mol. The van der Waals surface area contributed by atoms with E-state index in [4.69, 9.17) is 4.52 Å². The Morgan fingerprint density at radius 2 is 2.08 bits per heavy atom. The second kappa shape index (κ2) is 6.76. The zero-order valence-electron chi connectivity index (χ0n) is 14.8. The third kappa shape index (κ3) is 3.13. The fourth-order valence-electron chi connectivity index (χ4n) is 3.25. The van der Waals surface area contributed by atoms with E-state index in [0.717, 1.165) is 28.3 Å². The van der Waals surface area contributed by atoms with Gasteiger partial charge >= 0.3 is 0 Å².